The van der Waals surface area contributed by atoms with E-state index < -0.39 is 0 Å². The van der Waals surface area contributed by atoms with Crippen LogP contribution >= 0.6 is 12.2 Å². The van der Waals surface area contributed by atoms with Crippen LogP contribution in [0.3, 0.4) is 0 Å². The first-order valence-corrected chi connectivity index (χ1v) is 7.30. The predicted octanol–water partition coefficient (Wildman–Crippen LogP) is 2.03. The number of ether oxygens (including phenoxy) is 1. The molecular formula is C12H18N4OS. The highest BCUT2D eigenvalue weighted by atomic mass is 32.1. The highest BCUT2D eigenvalue weighted by Crippen LogP contribution is 2.40. The van der Waals surface area contributed by atoms with Crippen molar-refractivity contribution >= 4 is 18.2 Å². The fourth-order valence-corrected chi connectivity index (χ4v) is 3.61. The molecule has 2 saturated carbocycles. The molecule has 0 aromatic carbocycles. The van der Waals surface area contributed by atoms with Gasteiger partial charge < -0.3 is 9.64 Å². The second-order valence-electron chi connectivity index (χ2n) is 5.53. The molecule has 3 fully saturated rings. The fraction of sp³-hybridized carbons (Fsp3) is 0.833. The van der Waals surface area contributed by atoms with Gasteiger partial charge in [-0.3, -0.25) is 4.57 Å². The van der Waals surface area contributed by atoms with Crippen LogP contribution in [0.4, 0.5) is 5.95 Å². The van der Waals surface area contributed by atoms with E-state index in [1.807, 2.05) is 0 Å². The summed E-state index contributed by atoms with van der Waals surface area (Å²) in [6.07, 6.45) is 6.54. The minimum Gasteiger partial charge on any atom is -0.374 e. The molecule has 0 radical (unpaired) electrons. The molecule has 1 N–H and O–H groups in total. The SMILES string of the molecule is S=c1[nH]nc(N2CCOC3CCCC32)n1C1CC1. The Morgan fingerprint density at radius 1 is 1.28 bits per heavy atom. The van der Waals surface area contributed by atoms with Crippen LogP contribution in [-0.4, -0.2) is 40.1 Å². The number of anilines is 1. The van der Waals surface area contributed by atoms with E-state index in [0.717, 1.165) is 23.9 Å². The van der Waals surface area contributed by atoms with Gasteiger partial charge >= 0.3 is 0 Å². The maximum atomic E-state index is 5.86. The molecule has 1 aromatic heterocycles. The third kappa shape index (κ3) is 1.62. The molecule has 2 unspecified atom stereocenters. The van der Waals surface area contributed by atoms with Gasteiger partial charge in [0.1, 0.15) is 0 Å². The van der Waals surface area contributed by atoms with Gasteiger partial charge in [0.25, 0.3) is 0 Å². The third-order valence-corrected chi connectivity index (χ3v) is 4.62. The number of nitrogens with one attached hydrogen (secondary N) is 1. The number of fused-ring (bicyclic) bond motifs is 1. The molecular weight excluding hydrogens is 248 g/mol. The second kappa shape index (κ2) is 4.06. The van der Waals surface area contributed by atoms with E-state index in [4.69, 9.17) is 17.0 Å². The van der Waals surface area contributed by atoms with Crippen molar-refractivity contribution in [1.82, 2.24) is 14.8 Å². The smallest absolute Gasteiger partial charge is 0.226 e. The molecule has 4 rings (SSSR count). The first-order chi connectivity index (χ1) is 8.84. The van der Waals surface area contributed by atoms with Crippen LogP contribution in [0, 0.1) is 4.77 Å². The summed E-state index contributed by atoms with van der Waals surface area (Å²) < 4.78 is 8.85. The number of aromatic nitrogens is 3. The fourth-order valence-electron chi connectivity index (χ4n) is 3.33. The first kappa shape index (κ1) is 11.0. The van der Waals surface area contributed by atoms with Crippen molar-refractivity contribution in [2.24, 2.45) is 0 Å². The van der Waals surface area contributed by atoms with Gasteiger partial charge in [0.05, 0.1) is 18.8 Å². The molecule has 3 aliphatic rings. The molecule has 0 bridgehead atoms. The minimum absolute atomic E-state index is 0.400. The van der Waals surface area contributed by atoms with E-state index in [0.29, 0.717) is 18.2 Å². The van der Waals surface area contributed by atoms with Crippen molar-refractivity contribution in [3.05, 3.63) is 4.77 Å². The molecule has 1 aliphatic heterocycles. The lowest BCUT2D eigenvalue weighted by Crippen LogP contribution is -2.49. The maximum absolute atomic E-state index is 5.86. The van der Waals surface area contributed by atoms with Crippen LogP contribution in [0.5, 0.6) is 0 Å². The van der Waals surface area contributed by atoms with E-state index in [1.54, 1.807) is 0 Å². The highest BCUT2D eigenvalue weighted by molar-refractivity contribution is 7.71. The second-order valence-corrected chi connectivity index (χ2v) is 5.92. The van der Waals surface area contributed by atoms with Crippen LogP contribution in [0.1, 0.15) is 38.1 Å². The standard InChI is InChI=1S/C12H18N4OS/c18-12-14-13-11(16(12)8-4-5-8)15-6-7-17-10-3-1-2-9(10)15/h8-10H,1-7H2,(H,14,18). The van der Waals surface area contributed by atoms with E-state index in [-0.39, 0.29) is 0 Å². The molecule has 98 valence electrons. The van der Waals surface area contributed by atoms with Crippen molar-refractivity contribution in [2.75, 3.05) is 18.1 Å². The zero-order valence-corrected chi connectivity index (χ0v) is 11.2. The van der Waals surface area contributed by atoms with Gasteiger partial charge in [-0.05, 0) is 44.3 Å². The number of H-pyrrole nitrogens is 1. The van der Waals surface area contributed by atoms with Crippen LogP contribution in [0.2, 0.25) is 0 Å². The van der Waals surface area contributed by atoms with Crippen molar-refractivity contribution in [3.8, 4) is 0 Å². The van der Waals surface area contributed by atoms with E-state index in [2.05, 4.69) is 19.7 Å². The number of aromatic amines is 1. The summed E-state index contributed by atoms with van der Waals surface area (Å²) >= 11 is 5.37. The summed E-state index contributed by atoms with van der Waals surface area (Å²) in [6, 6.07) is 1.08. The Morgan fingerprint density at radius 3 is 3.00 bits per heavy atom. The molecule has 6 heteroatoms. The van der Waals surface area contributed by atoms with Crippen LogP contribution in [0.25, 0.3) is 0 Å². The number of nitrogens with zero attached hydrogens (tertiary/aromatic N) is 3. The lowest BCUT2D eigenvalue weighted by molar-refractivity contribution is 0.0247. The van der Waals surface area contributed by atoms with E-state index in [1.165, 1.54) is 32.1 Å². The number of morpholine rings is 1. The molecule has 1 aromatic rings. The Labute approximate surface area is 111 Å². The van der Waals surface area contributed by atoms with E-state index in [9.17, 15) is 0 Å². The molecule has 18 heavy (non-hydrogen) atoms. The average Bonchev–Trinajstić information content (AvgIpc) is 2.97. The van der Waals surface area contributed by atoms with Crippen molar-refractivity contribution in [1.29, 1.82) is 0 Å². The summed E-state index contributed by atoms with van der Waals surface area (Å²) in [6.45, 7) is 1.75. The largest absolute Gasteiger partial charge is 0.374 e. The topological polar surface area (TPSA) is 46.1 Å². The Bertz CT molecular complexity index is 506. The van der Waals surface area contributed by atoms with Gasteiger partial charge in [0, 0.05) is 12.6 Å². The normalized spacial score (nSPS) is 31.7. The van der Waals surface area contributed by atoms with E-state index >= 15 is 0 Å². The lowest BCUT2D eigenvalue weighted by atomic mass is 10.1. The van der Waals surface area contributed by atoms with Crippen molar-refractivity contribution in [2.45, 2.75) is 50.3 Å². The Balaban J connectivity index is 1.71. The number of rotatable bonds is 2. The average molecular weight is 266 g/mol. The summed E-state index contributed by atoms with van der Waals surface area (Å²) in [7, 11) is 0. The van der Waals surface area contributed by atoms with Crippen molar-refractivity contribution in [3.63, 3.8) is 0 Å². The molecule has 2 aliphatic carbocycles. The zero-order chi connectivity index (χ0) is 12.1. The lowest BCUT2D eigenvalue weighted by Gasteiger charge is -2.38. The van der Waals surface area contributed by atoms with Gasteiger partial charge in [-0.1, -0.05) is 0 Å². The molecule has 1 saturated heterocycles. The summed E-state index contributed by atoms with van der Waals surface area (Å²) in [5.41, 5.74) is 0. The molecule has 2 atom stereocenters. The molecule has 5 nitrogen and oxygen atoms in total. The maximum Gasteiger partial charge on any atom is 0.226 e. The van der Waals surface area contributed by atoms with Crippen LogP contribution in [-0.2, 0) is 4.74 Å². The van der Waals surface area contributed by atoms with Gasteiger partial charge in [0.15, 0.2) is 4.77 Å². The first-order valence-electron chi connectivity index (χ1n) is 6.90. The van der Waals surface area contributed by atoms with Gasteiger partial charge in [0.2, 0.25) is 5.95 Å². The zero-order valence-electron chi connectivity index (χ0n) is 10.3. The Kier molecular flexibility index (Phi) is 2.48. The van der Waals surface area contributed by atoms with Crippen LogP contribution in [0.15, 0.2) is 0 Å². The Morgan fingerprint density at radius 2 is 2.17 bits per heavy atom. The quantitative estimate of drug-likeness (QED) is 0.832. The monoisotopic (exact) mass is 266 g/mol. The Hall–Kier alpha value is -0.880. The highest BCUT2D eigenvalue weighted by Gasteiger charge is 2.39. The minimum atomic E-state index is 0.400. The molecule has 0 amide bonds. The summed E-state index contributed by atoms with van der Waals surface area (Å²) in [5.74, 6) is 1.04. The summed E-state index contributed by atoms with van der Waals surface area (Å²) in [4.78, 5) is 2.42. The van der Waals surface area contributed by atoms with Gasteiger partial charge in [-0.2, -0.15) is 0 Å². The number of hydrogen-bond acceptors (Lipinski definition) is 4. The third-order valence-electron chi connectivity index (χ3n) is 4.34. The number of hydrogen-bond donors (Lipinski definition) is 1. The summed E-state index contributed by atoms with van der Waals surface area (Å²) in [5, 5.41) is 7.45. The van der Waals surface area contributed by atoms with Gasteiger partial charge in [-0.15, -0.1) is 5.10 Å². The van der Waals surface area contributed by atoms with Gasteiger partial charge in [-0.25, -0.2) is 5.10 Å². The van der Waals surface area contributed by atoms with Crippen molar-refractivity contribution < 1.29 is 4.74 Å². The molecule has 0 spiro atoms. The predicted molar refractivity (Wildman–Crippen MR) is 70.4 cm³/mol. The van der Waals surface area contributed by atoms with Crippen LogP contribution < -0.4 is 4.90 Å². The molecule has 2 heterocycles.